The van der Waals surface area contributed by atoms with E-state index >= 15 is 0 Å². The summed E-state index contributed by atoms with van der Waals surface area (Å²) < 4.78 is 5.69. The van der Waals surface area contributed by atoms with Gasteiger partial charge in [-0.25, -0.2) is 4.79 Å². The van der Waals surface area contributed by atoms with Crippen LogP contribution < -0.4 is 4.74 Å². The molecule has 0 amide bonds. The van der Waals surface area contributed by atoms with Crippen LogP contribution in [-0.2, 0) is 5.75 Å². The first-order chi connectivity index (χ1) is 10.7. The minimum atomic E-state index is -0.862. The molecule has 0 fully saturated rings. The van der Waals surface area contributed by atoms with Gasteiger partial charge in [-0.15, -0.1) is 0 Å². The molecule has 0 spiro atoms. The zero-order valence-corrected chi connectivity index (χ0v) is 13.4. The Morgan fingerprint density at radius 1 is 1.18 bits per heavy atom. The van der Waals surface area contributed by atoms with Crippen LogP contribution in [0.5, 0.6) is 5.75 Å². The SMILES string of the molecule is Cc1cccc(OCCCSCc2ccccc2C(=O)O)c1. The molecule has 0 heterocycles. The Labute approximate surface area is 135 Å². The van der Waals surface area contributed by atoms with Gasteiger partial charge in [0.1, 0.15) is 5.75 Å². The van der Waals surface area contributed by atoms with Crippen molar-refractivity contribution in [3.05, 3.63) is 65.2 Å². The summed E-state index contributed by atoms with van der Waals surface area (Å²) >= 11 is 1.73. The molecule has 4 heteroatoms. The highest BCUT2D eigenvalue weighted by Gasteiger charge is 2.08. The third-order valence-electron chi connectivity index (χ3n) is 3.20. The van der Waals surface area contributed by atoms with Crippen LogP contribution in [0.25, 0.3) is 0 Å². The maximum atomic E-state index is 11.1. The van der Waals surface area contributed by atoms with E-state index < -0.39 is 5.97 Å². The summed E-state index contributed by atoms with van der Waals surface area (Å²) in [5.74, 6) is 1.70. The minimum Gasteiger partial charge on any atom is -0.494 e. The lowest BCUT2D eigenvalue weighted by Crippen LogP contribution is -2.02. The lowest BCUT2D eigenvalue weighted by molar-refractivity contribution is 0.0696. The topological polar surface area (TPSA) is 46.5 Å². The molecule has 0 aliphatic rings. The van der Waals surface area contributed by atoms with Gasteiger partial charge < -0.3 is 9.84 Å². The normalized spacial score (nSPS) is 10.4. The number of aryl methyl sites for hydroxylation is 1. The summed E-state index contributed by atoms with van der Waals surface area (Å²) in [5, 5.41) is 9.13. The summed E-state index contributed by atoms with van der Waals surface area (Å²) in [5.41, 5.74) is 2.46. The van der Waals surface area contributed by atoms with Gasteiger partial charge in [0.15, 0.2) is 0 Å². The summed E-state index contributed by atoms with van der Waals surface area (Å²) in [6.45, 7) is 2.72. The van der Waals surface area contributed by atoms with E-state index in [4.69, 9.17) is 9.84 Å². The fourth-order valence-corrected chi connectivity index (χ4v) is 3.03. The largest absolute Gasteiger partial charge is 0.494 e. The molecule has 0 aromatic heterocycles. The molecule has 0 saturated carbocycles. The van der Waals surface area contributed by atoms with E-state index in [-0.39, 0.29) is 0 Å². The van der Waals surface area contributed by atoms with Gasteiger partial charge in [0.2, 0.25) is 0 Å². The van der Waals surface area contributed by atoms with E-state index in [1.807, 2.05) is 43.3 Å². The van der Waals surface area contributed by atoms with Crippen LogP contribution in [0.1, 0.15) is 27.9 Å². The second kappa shape index (κ2) is 8.49. The standard InChI is InChI=1S/C18H20O3S/c1-14-6-4-8-16(12-14)21-10-5-11-22-13-15-7-2-3-9-17(15)18(19)20/h2-4,6-9,12H,5,10-11,13H2,1H3,(H,19,20). The fourth-order valence-electron chi connectivity index (χ4n) is 2.09. The molecule has 2 rings (SSSR count). The van der Waals surface area contributed by atoms with Crippen molar-refractivity contribution in [3.8, 4) is 5.75 Å². The molecule has 0 bridgehead atoms. The monoisotopic (exact) mass is 316 g/mol. The van der Waals surface area contributed by atoms with E-state index in [2.05, 4.69) is 0 Å². The molecule has 1 N–H and O–H groups in total. The zero-order chi connectivity index (χ0) is 15.8. The van der Waals surface area contributed by atoms with Gasteiger partial charge in [-0.2, -0.15) is 11.8 Å². The lowest BCUT2D eigenvalue weighted by atomic mass is 10.1. The van der Waals surface area contributed by atoms with Crippen molar-refractivity contribution >= 4 is 17.7 Å². The van der Waals surface area contributed by atoms with Gasteiger partial charge in [-0.3, -0.25) is 0 Å². The maximum Gasteiger partial charge on any atom is 0.335 e. The van der Waals surface area contributed by atoms with E-state index in [1.54, 1.807) is 23.9 Å². The molecule has 0 radical (unpaired) electrons. The quantitative estimate of drug-likeness (QED) is 0.733. The van der Waals surface area contributed by atoms with Crippen molar-refractivity contribution in [3.63, 3.8) is 0 Å². The van der Waals surface area contributed by atoms with Crippen molar-refractivity contribution in [1.29, 1.82) is 0 Å². The molecule has 0 aliphatic heterocycles. The highest BCUT2D eigenvalue weighted by atomic mass is 32.2. The fraction of sp³-hybridized carbons (Fsp3) is 0.278. The van der Waals surface area contributed by atoms with Crippen molar-refractivity contribution < 1.29 is 14.6 Å². The predicted molar refractivity (Wildman–Crippen MR) is 90.9 cm³/mol. The first-order valence-corrected chi connectivity index (χ1v) is 8.40. The van der Waals surface area contributed by atoms with E-state index in [0.717, 1.165) is 23.5 Å². The van der Waals surface area contributed by atoms with Gasteiger partial charge in [0.25, 0.3) is 0 Å². The molecule has 2 aromatic carbocycles. The molecule has 116 valence electrons. The van der Waals surface area contributed by atoms with Gasteiger partial charge in [-0.05, 0) is 48.4 Å². The predicted octanol–water partition coefficient (Wildman–Crippen LogP) is 4.40. The molecule has 22 heavy (non-hydrogen) atoms. The Morgan fingerprint density at radius 3 is 2.77 bits per heavy atom. The molecule has 0 unspecified atom stereocenters. The Hall–Kier alpha value is -1.94. The Morgan fingerprint density at radius 2 is 2.00 bits per heavy atom. The van der Waals surface area contributed by atoms with Crippen molar-refractivity contribution in [2.24, 2.45) is 0 Å². The third-order valence-corrected chi connectivity index (χ3v) is 4.29. The number of hydrogen-bond acceptors (Lipinski definition) is 3. The van der Waals surface area contributed by atoms with Crippen LogP contribution in [0, 0.1) is 6.92 Å². The Balaban J connectivity index is 1.69. The third kappa shape index (κ3) is 5.11. The van der Waals surface area contributed by atoms with Crippen LogP contribution in [0.4, 0.5) is 0 Å². The number of rotatable bonds is 8. The first-order valence-electron chi connectivity index (χ1n) is 7.25. The van der Waals surface area contributed by atoms with Crippen LogP contribution in [0.3, 0.4) is 0 Å². The molecule has 0 saturated heterocycles. The van der Waals surface area contributed by atoms with Crippen molar-refractivity contribution in [1.82, 2.24) is 0 Å². The second-order valence-corrected chi connectivity index (χ2v) is 6.14. The average molecular weight is 316 g/mol. The first kappa shape index (κ1) is 16.4. The Kier molecular flexibility index (Phi) is 6.34. The Bertz CT molecular complexity index is 625. The van der Waals surface area contributed by atoms with Crippen LogP contribution in [0.2, 0.25) is 0 Å². The molecular weight excluding hydrogens is 296 g/mol. The lowest BCUT2D eigenvalue weighted by Gasteiger charge is -2.08. The number of benzene rings is 2. The smallest absolute Gasteiger partial charge is 0.335 e. The minimum absolute atomic E-state index is 0.394. The molecule has 0 atom stereocenters. The summed E-state index contributed by atoms with van der Waals surface area (Å²) in [4.78, 5) is 11.1. The van der Waals surface area contributed by atoms with E-state index in [9.17, 15) is 4.79 Å². The van der Waals surface area contributed by atoms with E-state index in [1.165, 1.54) is 5.56 Å². The van der Waals surface area contributed by atoms with Gasteiger partial charge in [0, 0.05) is 5.75 Å². The zero-order valence-electron chi connectivity index (χ0n) is 12.6. The molecule has 3 nitrogen and oxygen atoms in total. The van der Waals surface area contributed by atoms with Crippen molar-refractivity contribution in [2.75, 3.05) is 12.4 Å². The maximum absolute atomic E-state index is 11.1. The summed E-state index contributed by atoms with van der Waals surface area (Å²) in [7, 11) is 0. The summed E-state index contributed by atoms with van der Waals surface area (Å²) in [6.07, 6.45) is 0.938. The van der Waals surface area contributed by atoms with Gasteiger partial charge >= 0.3 is 5.97 Å². The average Bonchev–Trinajstić information content (AvgIpc) is 2.51. The number of thioether (sulfide) groups is 1. The number of carboxylic acids is 1. The number of ether oxygens (including phenoxy) is 1. The van der Waals surface area contributed by atoms with E-state index in [0.29, 0.717) is 17.9 Å². The van der Waals surface area contributed by atoms with Crippen LogP contribution >= 0.6 is 11.8 Å². The van der Waals surface area contributed by atoms with Crippen LogP contribution in [-0.4, -0.2) is 23.4 Å². The van der Waals surface area contributed by atoms with Gasteiger partial charge in [-0.1, -0.05) is 30.3 Å². The summed E-state index contributed by atoms with van der Waals surface area (Å²) in [6, 6.07) is 15.2. The molecule has 2 aromatic rings. The number of carboxylic acid groups (broad SMARTS) is 1. The van der Waals surface area contributed by atoms with Crippen LogP contribution in [0.15, 0.2) is 48.5 Å². The number of hydrogen-bond donors (Lipinski definition) is 1. The highest BCUT2D eigenvalue weighted by molar-refractivity contribution is 7.98. The molecular formula is C18H20O3S. The number of carbonyl (C=O) groups is 1. The van der Waals surface area contributed by atoms with Gasteiger partial charge in [0.05, 0.1) is 12.2 Å². The second-order valence-electron chi connectivity index (χ2n) is 5.03. The highest BCUT2D eigenvalue weighted by Crippen LogP contribution is 2.18. The number of aromatic carboxylic acids is 1. The van der Waals surface area contributed by atoms with Crippen molar-refractivity contribution in [2.45, 2.75) is 19.1 Å². The molecule has 0 aliphatic carbocycles.